The second kappa shape index (κ2) is 9.58. The highest BCUT2D eigenvalue weighted by molar-refractivity contribution is 5.85. The Bertz CT molecular complexity index is 822. The number of amides is 1. The number of nitrogens with zero attached hydrogens (tertiary/aromatic N) is 1. The number of halogens is 2. The molecule has 0 bridgehead atoms. The van der Waals surface area contributed by atoms with E-state index in [-0.39, 0.29) is 30.7 Å². The van der Waals surface area contributed by atoms with Gasteiger partial charge in [-0.05, 0) is 36.4 Å². The normalized spacial score (nSPS) is 10.0. The molecule has 1 amide bonds. The number of anilines is 1. The van der Waals surface area contributed by atoms with Gasteiger partial charge in [-0.25, -0.2) is 9.37 Å². The van der Waals surface area contributed by atoms with Gasteiger partial charge in [-0.2, -0.15) is 0 Å². The number of oxazole rings is 1. The Morgan fingerprint density at radius 2 is 1.81 bits per heavy atom. The molecule has 2 N–H and O–H groups in total. The molecule has 0 aliphatic rings. The fourth-order valence-corrected chi connectivity index (χ4v) is 2.28. The largest absolute Gasteiger partial charge is 0.444 e. The molecule has 0 aliphatic carbocycles. The molecule has 26 heavy (non-hydrogen) atoms. The van der Waals surface area contributed by atoms with Crippen LogP contribution in [0.25, 0.3) is 11.5 Å². The number of carbonyl (C=O) groups is 1. The van der Waals surface area contributed by atoms with E-state index in [0.29, 0.717) is 24.4 Å². The fourth-order valence-electron chi connectivity index (χ4n) is 2.28. The number of hydrogen-bond donors (Lipinski definition) is 2. The number of hydrogen-bond acceptors (Lipinski definition) is 4. The first-order valence-electron chi connectivity index (χ1n) is 7.97. The van der Waals surface area contributed by atoms with E-state index in [2.05, 4.69) is 15.6 Å². The summed E-state index contributed by atoms with van der Waals surface area (Å²) in [6.45, 7) is 0.675. The smallest absolute Gasteiger partial charge is 0.239 e. The van der Waals surface area contributed by atoms with Gasteiger partial charge >= 0.3 is 0 Å². The van der Waals surface area contributed by atoms with Gasteiger partial charge in [0.15, 0.2) is 0 Å². The van der Waals surface area contributed by atoms with Crippen LogP contribution in [0.1, 0.15) is 5.69 Å². The predicted octanol–water partition coefficient (Wildman–Crippen LogP) is 3.67. The minimum absolute atomic E-state index is 0. The highest BCUT2D eigenvalue weighted by Gasteiger charge is 2.07. The number of benzene rings is 2. The van der Waals surface area contributed by atoms with Crippen LogP contribution in [0.15, 0.2) is 65.3 Å². The summed E-state index contributed by atoms with van der Waals surface area (Å²) >= 11 is 0. The lowest BCUT2D eigenvalue weighted by atomic mass is 10.2. The van der Waals surface area contributed by atoms with Crippen molar-refractivity contribution in [3.8, 4) is 11.5 Å². The molecular formula is C19H19ClFN3O2. The highest BCUT2D eigenvalue weighted by Crippen LogP contribution is 2.18. The molecule has 1 heterocycles. The Balaban J connectivity index is 0.00000243. The number of rotatable bonds is 7. The van der Waals surface area contributed by atoms with Gasteiger partial charge in [0.1, 0.15) is 12.1 Å². The molecule has 0 radical (unpaired) electrons. The van der Waals surface area contributed by atoms with Crippen LogP contribution < -0.4 is 10.6 Å². The van der Waals surface area contributed by atoms with Crippen molar-refractivity contribution in [2.45, 2.75) is 6.42 Å². The van der Waals surface area contributed by atoms with Gasteiger partial charge in [0, 0.05) is 24.2 Å². The quantitative estimate of drug-likeness (QED) is 0.661. The van der Waals surface area contributed by atoms with E-state index in [1.54, 1.807) is 18.4 Å². The SMILES string of the molecule is Cl.O=C(CNc1ccccc1)NCCc1coc(-c2ccc(F)cc2)n1. The van der Waals surface area contributed by atoms with Crippen molar-refractivity contribution in [2.24, 2.45) is 0 Å². The molecule has 0 fully saturated rings. The highest BCUT2D eigenvalue weighted by atomic mass is 35.5. The third-order valence-electron chi connectivity index (χ3n) is 3.57. The summed E-state index contributed by atoms with van der Waals surface area (Å²) in [5.74, 6) is 0.0422. The van der Waals surface area contributed by atoms with Gasteiger partial charge in [-0.3, -0.25) is 4.79 Å². The molecule has 0 unspecified atom stereocenters. The molecule has 1 aromatic heterocycles. The molecule has 136 valence electrons. The third-order valence-corrected chi connectivity index (χ3v) is 3.57. The van der Waals surface area contributed by atoms with Crippen LogP contribution in [0.4, 0.5) is 10.1 Å². The molecule has 3 rings (SSSR count). The summed E-state index contributed by atoms with van der Waals surface area (Å²) in [6.07, 6.45) is 2.11. The van der Waals surface area contributed by atoms with Crippen LogP contribution in [0, 0.1) is 5.82 Å². The van der Waals surface area contributed by atoms with Gasteiger partial charge in [0.2, 0.25) is 11.8 Å². The molecular weight excluding hydrogens is 357 g/mol. The van der Waals surface area contributed by atoms with Crippen LogP contribution in [-0.2, 0) is 11.2 Å². The zero-order valence-corrected chi connectivity index (χ0v) is 14.8. The Kier molecular flexibility index (Phi) is 7.17. The molecule has 0 aliphatic heterocycles. The standard InChI is InChI=1S/C19H18FN3O2.ClH/c20-15-8-6-14(7-9-15)19-23-17(13-25-19)10-11-21-18(24)12-22-16-4-2-1-3-5-16;/h1-9,13,22H,10-12H2,(H,21,24);1H. The van der Waals surface area contributed by atoms with Crippen LogP contribution in [0.5, 0.6) is 0 Å². The van der Waals surface area contributed by atoms with Crippen molar-refractivity contribution in [1.29, 1.82) is 0 Å². The number of aromatic nitrogens is 1. The van der Waals surface area contributed by atoms with E-state index in [9.17, 15) is 9.18 Å². The van der Waals surface area contributed by atoms with Crippen LogP contribution >= 0.6 is 12.4 Å². The van der Waals surface area contributed by atoms with Crippen molar-refractivity contribution in [1.82, 2.24) is 10.3 Å². The second-order valence-electron chi connectivity index (χ2n) is 5.47. The number of nitrogens with one attached hydrogen (secondary N) is 2. The van der Waals surface area contributed by atoms with E-state index in [4.69, 9.17) is 4.42 Å². The summed E-state index contributed by atoms with van der Waals surface area (Å²) in [5.41, 5.74) is 2.34. The summed E-state index contributed by atoms with van der Waals surface area (Å²) in [6, 6.07) is 15.5. The van der Waals surface area contributed by atoms with Crippen molar-refractivity contribution >= 4 is 24.0 Å². The van der Waals surface area contributed by atoms with Crippen molar-refractivity contribution in [3.05, 3.63) is 72.4 Å². The van der Waals surface area contributed by atoms with Gasteiger partial charge in [0.25, 0.3) is 0 Å². The monoisotopic (exact) mass is 375 g/mol. The maximum absolute atomic E-state index is 12.9. The summed E-state index contributed by atoms with van der Waals surface area (Å²) < 4.78 is 18.3. The Hall–Kier alpha value is -2.86. The first-order chi connectivity index (χ1) is 12.2. The third kappa shape index (κ3) is 5.60. The van der Waals surface area contributed by atoms with E-state index >= 15 is 0 Å². The topological polar surface area (TPSA) is 67.2 Å². The predicted molar refractivity (Wildman–Crippen MR) is 101 cm³/mol. The lowest BCUT2D eigenvalue weighted by Crippen LogP contribution is -2.31. The first kappa shape index (κ1) is 19.5. The van der Waals surface area contributed by atoms with Crippen LogP contribution in [-0.4, -0.2) is 24.0 Å². The average molecular weight is 376 g/mol. The average Bonchev–Trinajstić information content (AvgIpc) is 3.10. The molecule has 7 heteroatoms. The van der Waals surface area contributed by atoms with Gasteiger partial charge < -0.3 is 15.1 Å². The Labute approximate surface area is 157 Å². The lowest BCUT2D eigenvalue weighted by Gasteiger charge is -2.06. The fraction of sp³-hybridized carbons (Fsp3) is 0.158. The second-order valence-corrected chi connectivity index (χ2v) is 5.47. The summed E-state index contributed by atoms with van der Waals surface area (Å²) in [5, 5.41) is 5.87. The van der Waals surface area contributed by atoms with Crippen LogP contribution in [0.3, 0.4) is 0 Å². The van der Waals surface area contributed by atoms with Gasteiger partial charge in [-0.15, -0.1) is 12.4 Å². The van der Waals surface area contributed by atoms with Crippen LogP contribution in [0.2, 0.25) is 0 Å². The zero-order chi connectivity index (χ0) is 17.5. The molecule has 2 aromatic carbocycles. The maximum atomic E-state index is 12.9. The van der Waals surface area contributed by atoms with Crippen molar-refractivity contribution in [2.75, 3.05) is 18.4 Å². The van der Waals surface area contributed by atoms with E-state index in [0.717, 1.165) is 11.4 Å². The van der Waals surface area contributed by atoms with Crippen molar-refractivity contribution in [3.63, 3.8) is 0 Å². The molecule has 3 aromatic rings. The minimum Gasteiger partial charge on any atom is -0.444 e. The first-order valence-corrected chi connectivity index (χ1v) is 7.97. The number of carbonyl (C=O) groups excluding carboxylic acids is 1. The molecule has 5 nitrogen and oxygen atoms in total. The summed E-state index contributed by atoms with van der Waals surface area (Å²) in [4.78, 5) is 16.2. The zero-order valence-electron chi connectivity index (χ0n) is 13.9. The van der Waals surface area contributed by atoms with Gasteiger partial charge in [-0.1, -0.05) is 18.2 Å². The Morgan fingerprint density at radius 3 is 2.54 bits per heavy atom. The van der Waals surface area contributed by atoms with E-state index in [1.807, 2.05) is 30.3 Å². The number of para-hydroxylation sites is 1. The molecule has 0 spiro atoms. The lowest BCUT2D eigenvalue weighted by molar-refractivity contribution is -0.119. The van der Waals surface area contributed by atoms with Gasteiger partial charge in [0.05, 0.1) is 12.2 Å². The van der Waals surface area contributed by atoms with E-state index < -0.39 is 0 Å². The molecule has 0 saturated carbocycles. The maximum Gasteiger partial charge on any atom is 0.239 e. The molecule has 0 atom stereocenters. The van der Waals surface area contributed by atoms with Crippen molar-refractivity contribution < 1.29 is 13.6 Å². The summed E-state index contributed by atoms with van der Waals surface area (Å²) in [7, 11) is 0. The minimum atomic E-state index is -0.303. The van der Waals surface area contributed by atoms with E-state index in [1.165, 1.54) is 12.1 Å². The molecule has 0 saturated heterocycles. The Morgan fingerprint density at radius 1 is 1.08 bits per heavy atom.